The summed E-state index contributed by atoms with van der Waals surface area (Å²) >= 11 is 0. The Bertz CT molecular complexity index is 3050. The summed E-state index contributed by atoms with van der Waals surface area (Å²) in [4.78, 5) is 69.4. The summed E-state index contributed by atoms with van der Waals surface area (Å²) in [6.07, 6.45) is 0.178. The second kappa shape index (κ2) is 17.0. The molecule has 0 N–H and O–H groups in total. The minimum Gasteiger partial charge on any atom is -0.426 e. The zero-order valence-corrected chi connectivity index (χ0v) is 33.5. The van der Waals surface area contributed by atoms with Crippen molar-refractivity contribution in [2.45, 2.75) is 34.1 Å². The molecule has 0 bridgehead atoms. The van der Waals surface area contributed by atoms with Crippen molar-refractivity contribution in [1.82, 2.24) is 19.9 Å². The Balaban J connectivity index is 1.31. The quantitative estimate of drug-likeness (QED) is 0.0953. The van der Waals surface area contributed by atoms with Gasteiger partial charge in [-0.3, -0.25) is 19.2 Å². The predicted octanol–water partition coefficient (Wildman–Crippen LogP) is 10.00. The molecule has 0 amide bonds. The van der Waals surface area contributed by atoms with Crippen molar-refractivity contribution in [1.29, 1.82) is 0 Å². The maximum atomic E-state index is 12.5. The first-order valence-electron chi connectivity index (χ1n) is 19.3. The summed E-state index contributed by atoms with van der Waals surface area (Å²) in [5.74, 6) is -0.708. The van der Waals surface area contributed by atoms with Crippen LogP contribution in [0.5, 0.6) is 23.0 Å². The van der Waals surface area contributed by atoms with Crippen LogP contribution >= 0.6 is 0 Å². The van der Waals surface area contributed by atoms with Gasteiger partial charge in [-0.15, -0.1) is 0 Å². The van der Waals surface area contributed by atoms with Gasteiger partial charge in [-0.25, -0.2) is 19.9 Å². The van der Waals surface area contributed by atoms with E-state index >= 15 is 0 Å². The molecule has 0 atom stereocenters. The zero-order valence-electron chi connectivity index (χ0n) is 33.5. The van der Waals surface area contributed by atoms with Crippen molar-refractivity contribution in [3.05, 3.63) is 133 Å². The van der Waals surface area contributed by atoms with E-state index in [0.29, 0.717) is 78.6 Å². The number of benzene rings is 6. The van der Waals surface area contributed by atoms with Crippen molar-refractivity contribution in [3.63, 3.8) is 0 Å². The lowest BCUT2D eigenvalue weighted by Gasteiger charge is -2.16. The molecule has 8 rings (SSSR count). The lowest BCUT2D eigenvalue weighted by atomic mass is 10.00. The second-order valence-electron chi connectivity index (χ2n) is 13.8. The molecule has 0 aliphatic rings. The van der Waals surface area contributed by atoms with Crippen LogP contribution in [0.2, 0.25) is 0 Å². The summed E-state index contributed by atoms with van der Waals surface area (Å²) in [6.45, 7) is 5.70. The molecule has 0 saturated carbocycles. The lowest BCUT2D eigenvalue weighted by Crippen LogP contribution is -2.07. The van der Waals surface area contributed by atoms with E-state index in [9.17, 15) is 19.2 Å². The minimum atomic E-state index is -0.501. The van der Waals surface area contributed by atoms with Gasteiger partial charge in [0, 0.05) is 49.4 Å². The van der Waals surface area contributed by atoms with Gasteiger partial charge in [0.15, 0.2) is 0 Å². The maximum Gasteiger partial charge on any atom is 0.310 e. The van der Waals surface area contributed by atoms with E-state index in [1.165, 1.54) is 20.8 Å². The Morgan fingerprint density at radius 2 is 0.689 bits per heavy atom. The lowest BCUT2D eigenvalue weighted by molar-refractivity contribution is -0.134. The minimum absolute atomic E-state index is 0.178. The molecule has 0 saturated heterocycles. The number of carbonyl (C=O) groups is 4. The van der Waals surface area contributed by atoms with E-state index in [2.05, 4.69) is 0 Å². The molecular weight excluding hydrogens is 773 g/mol. The van der Waals surface area contributed by atoms with E-state index < -0.39 is 23.9 Å². The number of carbonyl (C=O) groups excluding carboxylic acids is 4. The average molecular weight is 809 g/mol. The van der Waals surface area contributed by atoms with E-state index in [0.717, 1.165) is 11.1 Å². The van der Waals surface area contributed by atoms with Crippen molar-refractivity contribution < 1.29 is 38.1 Å². The van der Waals surface area contributed by atoms with Gasteiger partial charge in [-0.1, -0.05) is 67.6 Å². The van der Waals surface area contributed by atoms with Crippen molar-refractivity contribution in [2.24, 2.45) is 0 Å². The average Bonchev–Trinajstić information content (AvgIpc) is 3.25. The van der Waals surface area contributed by atoms with Crippen LogP contribution in [0.4, 0.5) is 0 Å². The van der Waals surface area contributed by atoms with Gasteiger partial charge in [-0.05, 0) is 83.9 Å². The first-order chi connectivity index (χ1) is 29.6. The summed E-state index contributed by atoms with van der Waals surface area (Å²) in [5.41, 5.74) is 7.50. The van der Waals surface area contributed by atoms with Crippen LogP contribution < -0.4 is 18.9 Å². The molecule has 6 aromatic carbocycles. The largest absolute Gasteiger partial charge is 0.426 e. The Labute approximate surface area is 349 Å². The van der Waals surface area contributed by atoms with E-state index in [1.54, 1.807) is 79.7 Å². The number of ether oxygens (including phenoxy) is 4. The predicted molar refractivity (Wildman–Crippen MR) is 230 cm³/mol. The number of para-hydroxylation sites is 4. The monoisotopic (exact) mass is 808 g/mol. The van der Waals surface area contributed by atoms with Gasteiger partial charge in [0.1, 0.15) is 45.8 Å². The highest BCUT2D eigenvalue weighted by Crippen LogP contribution is 2.42. The van der Waals surface area contributed by atoms with E-state index in [1.807, 2.05) is 60.7 Å². The van der Waals surface area contributed by atoms with Crippen LogP contribution in [-0.4, -0.2) is 43.8 Å². The van der Waals surface area contributed by atoms with E-state index in [-0.39, 0.29) is 17.9 Å². The Hall–Kier alpha value is -8.12. The molecule has 300 valence electrons. The van der Waals surface area contributed by atoms with Crippen LogP contribution in [0.15, 0.2) is 133 Å². The fraction of sp³-hybridized carbons (Fsp3) is 0.102. The van der Waals surface area contributed by atoms with Crippen LogP contribution in [0.1, 0.15) is 34.1 Å². The summed E-state index contributed by atoms with van der Waals surface area (Å²) in [7, 11) is 0. The molecule has 12 nitrogen and oxygen atoms in total. The smallest absolute Gasteiger partial charge is 0.310 e. The second-order valence-corrected chi connectivity index (χ2v) is 13.8. The number of aromatic nitrogens is 4. The fourth-order valence-electron chi connectivity index (χ4n) is 6.88. The van der Waals surface area contributed by atoms with Crippen LogP contribution in [0, 0.1) is 0 Å². The molecule has 2 heterocycles. The molecule has 0 spiro atoms. The molecule has 0 fully saturated rings. The molecule has 61 heavy (non-hydrogen) atoms. The maximum absolute atomic E-state index is 12.5. The fourth-order valence-corrected chi connectivity index (χ4v) is 6.88. The third kappa shape index (κ3) is 8.41. The van der Waals surface area contributed by atoms with Crippen LogP contribution in [0.25, 0.3) is 78.2 Å². The van der Waals surface area contributed by atoms with Gasteiger partial charge >= 0.3 is 23.9 Å². The molecule has 0 aliphatic heterocycles. The SMILES string of the molecule is CCC(=O)Oc1ccccc1-c1nc2ccc(-c3ccc4nc(-c5ccccc5OC(C)=O)c(-c5ccccc5OC(C)=O)nc4c3)cc2nc1-c1ccccc1OC(C)=O. The number of nitrogens with zero attached hydrogens (tertiary/aromatic N) is 4. The van der Waals surface area contributed by atoms with Crippen LogP contribution in [0.3, 0.4) is 0 Å². The molecule has 8 aromatic rings. The topological polar surface area (TPSA) is 157 Å². The standard InChI is InChI=1S/C49H36N4O8/c1-5-45(57)61-44-21-13-9-17-36(44)47-49(35-16-8-12-20-43(35)60-30(4)56)53-40-27-32(23-25-38(40)51-47)31-22-24-37-39(26-31)52-48(34-15-7-11-19-42(34)59-29(3)55)46(50-37)33-14-6-10-18-41(33)58-28(2)54/h6-27H,5H2,1-4H3. The highest BCUT2D eigenvalue weighted by atomic mass is 16.5. The molecular formula is C49H36N4O8. The van der Waals surface area contributed by atoms with Crippen molar-refractivity contribution in [3.8, 4) is 79.2 Å². The molecule has 12 heteroatoms. The summed E-state index contributed by atoms with van der Waals surface area (Å²) < 4.78 is 22.5. The number of fused-ring (bicyclic) bond motifs is 2. The van der Waals surface area contributed by atoms with Gasteiger partial charge < -0.3 is 18.9 Å². The number of esters is 4. The zero-order chi connectivity index (χ0) is 42.6. The van der Waals surface area contributed by atoms with Crippen LogP contribution in [-0.2, 0) is 19.2 Å². The van der Waals surface area contributed by atoms with Gasteiger partial charge in [0.2, 0.25) is 0 Å². The highest BCUT2D eigenvalue weighted by molar-refractivity contribution is 5.95. The van der Waals surface area contributed by atoms with Crippen molar-refractivity contribution in [2.75, 3.05) is 0 Å². The Kier molecular flexibility index (Phi) is 11.1. The van der Waals surface area contributed by atoms with Gasteiger partial charge in [0.05, 0.1) is 22.1 Å². The Morgan fingerprint density at radius 1 is 0.393 bits per heavy atom. The normalized spacial score (nSPS) is 11.0. The first-order valence-corrected chi connectivity index (χ1v) is 19.3. The number of hydrogen-bond donors (Lipinski definition) is 0. The first kappa shape index (κ1) is 39.7. The Morgan fingerprint density at radius 3 is 1.00 bits per heavy atom. The van der Waals surface area contributed by atoms with E-state index in [4.69, 9.17) is 38.9 Å². The number of rotatable bonds is 10. The van der Waals surface area contributed by atoms with Crippen molar-refractivity contribution >= 4 is 45.9 Å². The highest BCUT2D eigenvalue weighted by Gasteiger charge is 2.23. The van der Waals surface area contributed by atoms with Gasteiger partial charge in [-0.2, -0.15) is 0 Å². The summed E-state index contributed by atoms with van der Waals surface area (Å²) in [5, 5.41) is 0. The number of hydrogen-bond acceptors (Lipinski definition) is 12. The van der Waals surface area contributed by atoms with Gasteiger partial charge in [0.25, 0.3) is 0 Å². The molecule has 0 aliphatic carbocycles. The molecule has 0 radical (unpaired) electrons. The molecule has 0 unspecified atom stereocenters. The third-order valence-electron chi connectivity index (χ3n) is 9.50. The third-order valence-corrected chi connectivity index (χ3v) is 9.50. The summed E-state index contributed by atoms with van der Waals surface area (Å²) in [6, 6.07) is 39.6. The molecule has 2 aromatic heterocycles.